The molecular weight excluding hydrogens is 141 g/mol. The van der Waals surface area contributed by atoms with E-state index in [0.29, 0.717) is 0 Å². The topological polar surface area (TPSA) is 0 Å². The maximum atomic E-state index is 0. The Kier molecular flexibility index (Phi) is 90400. The molecule has 0 saturated carbocycles. The van der Waals surface area contributed by atoms with Crippen molar-refractivity contribution in [1.82, 2.24) is 0 Å². The van der Waals surface area contributed by atoms with Crippen LogP contribution in [0.1, 0.15) is 0 Å². The first-order valence-electron chi connectivity index (χ1n) is 0. The highest BCUT2D eigenvalue weighted by atomic mass is 28.1. The van der Waals surface area contributed by atoms with Gasteiger partial charge < -0.3 is 0 Å². The second-order valence-electron chi connectivity index (χ2n) is 0. The highest BCUT2D eigenvalue weighted by molar-refractivity contribution is 5.76. The van der Waals surface area contributed by atoms with Gasteiger partial charge in [0.05, 0.1) is 0 Å². The van der Waals surface area contributed by atoms with Crippen molar-refractivity contribution in [2.24, 2.45) is 0 Å². The molecule has 0 N–H and O–H groups in total. The molecule has 0 heterocycles. The van der Waals surface area contributed by atoms with Crippen LogP contribution in [0.3, 0.4) is 0 Å². The van der Waals surface area contributed by atoms with Crippen molar-refractivity contribution in [3.8, 4) is 0 Å². The minimum atomic E-state index is 0. The summed E-state index contributed by atoms with van der Waals surface area (Å²) in [6.45, 7) is 0. The van der Waals surface area contributed by atoms with Crippen LogP contribution in [0.5, 0.6) is 0 Å². The fraction of sp³-hybridized carbons (Fsp3) is 0. The van der Waals surface area contributed by atoms with Crippen molar-refractivity contribution < 1.29 is 14.1 Å². The van der Waals surface area contributed by atoms with Gasteiger partial charge in [0.1, 0.15) is 0 Å². The molecule has 0 radical (unpaired) electrons. The van der Waals surface area contributed by atoms with E-state index >= 15 is 0 Å². The van der Waals surface area contributed by atoms with E-state index in [2.05, 4.69) is 0 Å². The van der Waals surface area contributed by atoms with Crippen LogP contribution in [0.4, 0.5) is 14.1 Å². The van der Waals surface area contributed by atoms with E-state index in [1.54, 1.807) is 0 Å². The lowest BCUT2D eigenvalue weighted by Gasteiger charge is -0.270. The van der Waals surface area contributed by atoms with Crippen LogP contribution in [-0.4, -0.2) is 32.9 Å². The van der Waals surface area contributed by atoms with Crippen LogP contribution in [0, 0.1) is 0 Å². The third-order valence-corrected chi connectivity index (χ3v) is 0. The van der Waals surface area contributed by atoms with Gasteiger partial charge in [-0.15, -0.1) is 0 Å². The fourth-order valence-electron chi connectivity index (χ4n) is 0. The molecule has 0 nitrogen and oxygen atoms in total. The quantitative estimate of drug-likeness (QED) is 0.315. The Hall–Kier alpha value is 0.441. The summed E-state index contributed by atoms with van der Waals surface area (Å²) < 4.78 is 0. The average Bonchev–Trinajstić information content (AvgIpc) is 0. The van der Waals surface area contributed by atoms with Crippen molar-refractivity contribution in [3.05, 3.63) is 0 Å². The first kappa shape index (κ1) is 982. The summed E-state index contributed by atoms with van der Waals surface area (Å²) in [7, 11) is 0. The van der Waals surface area contributed by atoms with Crippen LogP contribution in [0.25, 0.3) is 0 Å². The molecule has 0 aromatic rings. The average molecular weight is 156 g/mol. The summed E-state index contributed by atoms with van der Waals surface area (Å²) in [5, 5.41) is 0. The Morgan fingerprint density at radius 2 is 0.333 bits per heavy atom. The third-order valence-electron chi connectivity index (χ3n) is 0. The van der Waals surface area contributed by atoms with Crippen LogP contribution in [-0.2, 0) is 0 Å². The molecule has 0 aliphatic rings. The largest absolute Gasteiger partial charge is 0.269 e. The van der Waals surface area contributed by atoms with Crippen LogP contribution in [0.2, 0.25) is 0 Å². The van der Waals surface area contributed by atoms with Gasteiger partial charge in [-0.2, -0.15) is 0 Å². The molecule has 0 aromatic carbocycles. The fourth-order valence-corrected chi connectivity index (χ4v) is 0. The maximum Gasteiger partial charge on any atom is -0.0149 e. The summed E-state index contributed by atoms with van der Waals surface area (Å²) in [5.41, 5.74) is 0. The zero-order chi connectivity index (χ0) is 0. The summed E-state index contributed by atoms with van der Waals surface area (Å²) in [5.74, 6) is 0. The van der Waals surface area contributed by atoms with E-state index in [4.69, 9.17) is 0 Å². The molecule has 0 amide bonds. The lowest BCUT2D eigenvalue weighted by atomic mass is 19.0. The van der Waals surface area contributed by atoms with Crippen LogP contribution in [0.15, 0.2) is 0 Å². The lowest BCUT2D eigenvalue weighted by molar-refractivity contribution is 1.11. The summed E-state index contributed by atoms with van der Waals surface area (Å²) in [4.78, 5) is 0. The van der Waals surface area contributed by atoms with Gasteiger partial charge in [-0.3, -0.25) is 14.1 Å². The van der Waals surface area contributed by atoms with Gasteiger partial charge in [0.25, 0.3) is 0 Å². The molecule has 0 bridgehead atoms. The van der Waals surface area contributed by atoms with Crippen LogP contribution < -0.4 is 0 Å². The molecule has 0 atom stereocenters. The number of hydrogen-bond donors (Lipinski definition) is 0. The minimum absolute atomic E-state index is 0. The Morgan fingerprint density at radius 1 is 0.333 bits per heavy atom. The van der Waals surface area contributed by atoms with Crippen LogP contribution >= 0.6 is 0 Å². The zero-order valence-corrected chi connectivity index (χ0v) is 1.22. The predicted molar refractivity (Wildman–Crippen MR) is 41.5 cm³/mol. The normalized spacial score (nSPS) is 0. The highest BCUT2D eigenvalue weighted by Gasteiger charge is -0.0128. The molecule has 0 rings (SSSR count). The van der Waals surface area contributed by atoms with Gasteiger partial charge in [0.2, 0.25) is 0 Å². The van der Waals surface area contributed by atoms with E-state index in [1.165, 1.54) is 0 Å². The number of halogens is 3. The van der Waals surface area contributed by atoms with Gasteiger partial charge >= 0.3 is 0 Å². The van der Waals surface area contributed by atoms with E-state index in [0.717, 1.165) is 0 Å². The van der Waals surface area contributed by atoms with E-state index in [-0.39, 0.29) is 47.0 Å². The van der Waals surface area contributed by atoms with Crippen molar-refractivity contribution >= 4 is 32.9 Å². The SMILES string of the molecule is F.F.F.[SiH4].[SiH4].[SiH4]. The molecule has 0 saturated heterocycles. The molecule has 0 spiro atoms. The van der Waals surface area contributed by atoms with Crippen molar-refractivity contribution in [2.45, 2.75) is 0 Å². The Balaban J connectivity index is 0. The molecule has 6 heavy (non-hydrogen) atoms. The first-order valence-corrected chi connectivity index (χ1v) is 0. The third kappa shape index (κ3) is 271. The van der Waals surface area contributed by atoms with Gasteiger partial charge in [0.15, 0.2) is 0 Å². The first-order chi connectivity index (χ1) is 0. The van der Waals surface area contributed by atoms with E-state index < -0.39 is 0 Å². The van der Waals surface area contributed by atoms with Crippen molar-refractivity contribution in [3.63, 3.8) is 0 Å². The zero-order valence-electron chi connectivity index (χ0n) is 1.22. The van der Waals surface area contributed by atoms with Gasteiger partial charge in [0, 0.05) is 0 Å². The monoisotopic (exact) mass is 156 g/mol. The molecule has 0 aromatic heterocycles. The summed E-state index contributed by atoms with van der Waals surface area (Å²) in [6, 6.07) is 0. The predicted octanol–water partition coefficient (Wildman–Crippen LogP) is -3.90. The standard InChI is InChI=1S/3FH.3H4Si/h3*1H;3*1H4. The molecule has 0 aliphatic carbocycles. The maximum absolute atomic E-state index is 0. The lowest BCUT2D eigenvalue weighted by Crippen LogP contribution is -0.382. The second kappa shape index (κ2) is 553. The van der Waals surface area contributed by atoms with E-state index in [1.807, 2.05) is 0 Å². The summed E-state index contributed by atoms with van der Waals surface area (Å²) in [6.07, 6.45) is 0. The molecular formula is H15F3Si3. The van der Waals surface area contributed by atoms with Crippen molar-refractivity contribution in [1.29, 1.82) is 0 Å². The molecule has 0 unspecified atom stereocenters. The Morgan fingerprint density at radius 3 is 0.333 bits per heavy atom. The van der Waals surface area contributed by atoms with Gasteiger partial charge in [-0.1, -0.05) is 0 Å². The van der Waals surface area contributed by atoms with Crippen molar-refractivity contribution in [2.75, 3.05) is 0 Å². The Bertz CT molecular complexity index is 6.00. The molecule has 6 heteroatoms. The smallest absolute Gasteiger partial charge is 0.0149 e. The summed E-state index contributed by atoms with van der Waals surface area (Å²) >= 11 is 0. The van der Waals surface area contributed by atoms with Gasteiger partial charge in [-0.05, 0) is 32.9 Å². The molecule has 0 fully saturated rings. The van der Waals surface area contributed by atoms with E-state index in [9.17, 15) is 0 Å². The minimum Gasteiger partial charge on any atom is -0.269 e. The number of hydrogen-bond acceptors (Lipinski definition) is 0. The number of rotatable bonds is 0. The highest BCUT2D eigenvalue weighted by Crippen LogP contribution is 0.422. The molecule has 0 aliphatic heterocycles. The Labute approximate surface area is 47.9 Å². The van der Waals surface area contributed by atoms with Gasteiger partial charge in [-0.25, -0.2) is 0 Å². The second-order valence-corrected chi connectivity index (χ2v) is 0. The molecule has 48 valence electrons.